The molecule has 0 aliphatic rings. The van der Waals surface area contributed by atoms with E-state index in [0.29, 0.717) is 23.7 Å². The van der Waals surface area contributed by atoms with Crippen LogP contribution in [0.1, 0.15) is 56.1 Å². The van der Waals surface area contributed by atoms with Crippen molar-refractivity contribution in [3.8, 4) is 0 Å². The van der Waals surface area contributed by atoms with Gasteiger partial charge in [0.25, 0.3) is 5.91 Å². The highest BCUT2D eigenvalue weighted by Crippen LogP contribution is 2.16. The van der Waals surface area contributed by atoms with Crippen LogP contribution in [0.2, 0.25) is 5.02 Å². The Morgan fingerprint density at radius 2 is 1.93 bits per heavy atom. The van der Waals surface area contributed by atoms with Crippen LogP contribution < -0.4 is 0 Å². The van der Waals surface area contributed by atoms with Gasteiger partial charge < -0.3 is 14.4 Å². The lowest BCUT2D eigenvalue weighted by Gasteiger charge is -2.31. The number of rotatable bonds is 10. The molecule has 0 aliphatic carbocycles. The molecule has 1 heterocycles. The molecular formula is C23H32ClN3O2. The number of carbonyl (C=O) groups is 2. The van der Waals surface area contributed by atoms with Crippen LogP contribution in [0, 0.1) is 0 Å². The van der Waals surface area contributed by atoms with Gasteiger partial charge in [0.2, 0.25) is 5.91 Å². The van der Waals surface area contributed by atoms with Crippen molar-refractivity contribution < 1.29 is 9.59 Å². The number of hydrogen-bond acceptors (Lipinski definition) is 2. The number of amides is 2. The summed E-state index contributed by atoms with van der Waals surface area (Å²) in [5.74, 6) is -0.195. The van der Waals surface area contributed by atoms with Crippen LogP contribution in [0.4, 0.5) is 0 Å². The average Bonchev–Trinajstić information content (AvgIpc) is 3.12. The van der Waals surface area contributed by atoms with E-state index in [-0.39, 0.29) is 24.4 Å². The van der Waals surface area contributed by atoms with Gasteiger partial charge in [0.15, 0.2) is 0 Å². The SMILES string of the molecule is CCCCN(Cc1cccn1C)C(=O)CN(C(=O)c1cccc(Cl)c1)C(C)CC. The van der Waals surface area contributed by atoms with E-state index in [4.69, 9.17) is 11.6 Å². The first-order chi connectivity index (χ1) is 13.9. The lowest BCUT2D eigenvalue weighted by atomic mass is 10.1. The number of halogens is 1. The molecule has 29 heavy (non-hydrogen) atoms. The fourth-order valence-corrected chi connectivity index (χ4v) is 3.37. The molecule has 5 nitrogen and oxygen atoms in total. The van der Waals surface area contributed by atoms with Crippen molar-refractivity contribution in [2.75, 3.05) is 13.1 Å². The van der Waals surface area contributed by atoms with E-state index in [9.17, 15) is 9.59 Å². The lowest BCUT2D eigenvalue weighted by Crippen LogP contribution is -2.46. The van der Waals surface area contributed by atoms with Crippen molar-refractivity contribution in [3.63, 3.8) is 0 Å². The third-order valence-corrected chi connectivity index (χ3v) is 5.53. The second kappa shape index (κ2) is 11.1. The van der Waals surface area contributed by atoms with Gasteiger partial charge in [-0.1, -0.05) is 37.9 Å². The van der Waals surface area contributed by atoms with E-state index < -0.39 is 0 Å². The van der Waals surface area contributed by atoms with Crippen molar-refractivity contribution in [2.45, 2.75) is 52.6 Å². The molecular weight excluding hydrogens is 386 g/mol. The lowest BCUT2D eigenvalue weighted by molar-refractivity contribution is -0.133. The Bertz CT molecular complexity index is 818. The summed E-state index contributed by atoms with van der Waals surface area (Å²) in [5, 5.41) is 0.513. The van der Waals surface area contributed by atoms with Gasteiger partial charge in [0, 0.05) is 42.1 Å². The largest absolute Gasteiger partial charge is 0.353 e. The molecule has 0 bridgehead atoms. The van der Waals surface area contributed by atoms with Crippen LogP contribution in [-0.2, 0) is 18.4 Å². The van der Waals surface area contributed by atoms with Crippen molar-refractivity contribution in [1.29, 1.82) is 0 Å². The van der Waals surface area contributed by atoms with Gasteiger partial charge in [-0.2, -0.15) is 0 Å². The zero-order valence-electron chi connectivity index (χ0n) is 17.9. The number of carbonyl (C=O) groups excluding carboxylic acids is 2. The monoisotopic (exact) mass is 417 g/mol. The molecule has 0 fully saturated rings. The first-order valence-corrected chi connectivity index (χ1v) is 10.7. The van der Waals surface area contributed by atoms with Gasteiger partial charge in [-0.15, -0.1) is 0 Å². The highest BCUT2D eigenvalue weighted by molar-refractivity contribution is 6.31. The Labute approximate surface area is 179 Å². The summed E-state index contributed by atoms with van der Waals surface area (Å²) >= 11 is 6.07. The van der Waals surface area contributed by atoms with Gasteiger partial charge >= 0.3 is 0 Å². The summed E-state index contributed by atoms with van der Waals surface area (Å²) in [6.07, 6.45) is 4.69. The minimum atomic E-state index is -0.162. The van der Waals surface area contributed by atoms with Crippen LogP contribution in [0.3, 0.4) is 0 Å². The van der Waals surface area contributed by atoms with Crippen LogP contribution in [0.15, 0.2) is 42.6 Å². The number of aromatic nitrogens is 1. The Kier molecular flexibility index (Phi) is 8.77. The van der Waals surface area contributed by atoms with Crippen LogP contribution >= 0.6 is 11.6 Å². The number of aryl methyl sites for hydroxylation is 1. The van der Waals surface area contributed by atoms with Gasteiger partial charge in [-0.25, -0.2) is 0 Å². The van der Waals surface area contributed by atoms with E-state index in [1.54, 1.807) is 29.2 Å². The van der Waals surface area contributed by atoms with Crippen LogP contribution in [0.25, 0.3) is 0 Å². The molecule has 1 aromatic carbocycles. The Morgan fingerprint density at radius 1 is 1.17 bits per heavy atom. The smallest absolute Gasteiger partial charge is 0.254 e. The van der Waals surface area contributed by atoms with Crippen molar-refractivity contribution in [3.05, 3.63) is 58.9 Å². The molecule has 0 saturated carbocycles. The van der Waals surface area contributed by atoms with Crippen molar-refractivity contribution >= 4 is 23.4 Å². The first-order valence-electron chi connectivity index (χ1n) is 10.3. The molecule has 0 saturated heterocycles. The number of benzene rings is 1. The second-order valence-electron chi connectivity index (χ2n) is 7.48. The van der Waals surface area contributed by atoms with Gasteiger partial charge in [0.1, 0.15) is 6.54 Å². The normalized spacial score (nSPS) is 11.9. The first kappa shape index (κ1) is 23.0. The summed E-state index contributed by atoms with van der Waals surface area (Å²) in [6, 6.07) is 10.9. The Hall–Kier alpha value is -2.27. The van der Waals surface area contributed by atoms with Crippen molar-refractivity contribution in [2.24, 2.45) is 7.05 Å². The minimum absolute atomic E-state index is 0.0321. The Morgan fingerprint density at radius 3 is 2.52 bits per heavy atom. The summed E-state index contributed by atoms with van der Waals surface area (Å²) in [7, 11) is 1.98. The standard InChI is InChI=1S/C23H32ClN3O2/c1-5-7-14-26(16-21-12-9-13-25(21)4)22(28)17-27(18(3)6-2)23(29)19-10-8-11-20(24)15-19/h8-13,15,18H,5-7,14,16-17H2,1-4H3. The molecule has 0 spiro atoms. The topological polar surface area (TPSA) is 45.6 Å². The van der Waals surface area contributed by atoms with Crippen molar-refractivity contribution in [1.82, 2.24) is 14.4 Å². The van der Waals surface area contributed by atoms with E-state index in [0.717, 1.165) is 25.0 Å². The molecule has 2 amide bonds. The van der Waals surface area contributed by atoms with Crippen LogP contribution in [-0.4, -0.2) is 45.3 Å². The summed E-state index contributed by atoms with van der Waals surface area (Å²) < 4.78 is 2.02. The highest BCUT2D eigenvalue weighted by atomic mass is 35.5. The van der Waals surface area contributed by atoms with E-state index in [2.05, 4.69) is 6.92 Å². The molecule has 1 unspecified atom stereocenters. The van der Waals surface area contributed by atoms with Gasteiger partial charge in [0.05, 0.1) is 6.54 Å². The zero-order valence-corrected chi connectivity index (χ0v) is 18.7. The van der Waals surface area contributed by atoms with Gasteiger partial charge in [-0.05, 0) is 50.1 Å². The molecule has 0 radical (unpaired) electrons. The maximum atomic E-state index is 13.2. The summed E-state index contributed by atoms with van der Waals surface area (Å²) in [5.41, 5.74) is 1.58. The quantitative estimate of drug-likeness (QED) is 0.560. The number of nitrogens with zero attached hydrogens (tertiary/aromatic N) is 3. The summed E-state index contributed by atoms with van der Waals surface area (Å²) in [6.45, 7) is 7.39. The molecule has 0 N–H and O–H groups in total. The predicted molar refractivity (Wildman–Crippen MR) is 118 cm³/mol. The molecule has 2 rings (SSSR count). The molecule has 2 aromatic rings. The van der Waals surface area contributed by atoms with Gasteiger partial charge in [-0.3, -0.25) is 9.59 Å². The fourth-order valence-electron chi connectivity index (χ4n) is 3.18. The third-order valence-electron chi connectivity index (χ3n) is 5.30. The molecule has 158 valence electrons. The number of hydrogen-bond donors (Lipinski definition) is 0. The van der Waals surface area contributed by atoms with E-state index in [1.165, 1.54) is 0 Å². The molecule has 1 aromatic heterocycles. The third kappa shape index (κ3) is 6.36. The highest BCUT2D eigenvalue weighted by Gasteiger charge is 2.26. The average molecular weight is 418 g/mol. The fraction of sp³-hybridized carbons (Fsp3) is 0.478. The number of unbranched alkanes of at least 4 members (excludes halogenated alkanes) is 1. The zero-order chi connectivity index (χ0) is 21.4. The van der Waals surface area contributed by atoms with Crippen LogP contribution in [0.5, 0.6) is 0 Å². The maximum absolute atomic E-state index is 13.2. The van der Waals surface area contributed by atoms with E-state index in [1.807, 2.05) is 48.7 Å². The molecule has 1 atom stereocenters. The van der Waals surface area contributed by atoms with E-state index >= 15 is 0 Å². The molecule has 0 aliphatic heterocycles. The summed E-state index contributed by atoms with van der Waals surface area (Å²) in [4.78, 5) is 29.9. The Balaban J connectivity index is 2.20. The predicted octanol–water partition coefficient (Wildman–Crippen LogP) is 4.75. The molecule has 6 heteroatoms. The second-order valence-corrected chi connectivity index (χ2v) is 7.92. The maximum Gasteiger partial charge on any atom is 0.254 e. The minimum Gasteiger partial charge on any atom is -0.353 e.